The van der Waals surface area contributed by atoms with Crippen LogP contribution in [-0.2, 0) is 13.9 Å². The van der Waals surface area contributed by atoms with Crippen molar-refractivity contribution in [2.45, 2.75) is 65.0 Å². The molecular weight excluding hydrogens is 394 g/mol. The maximum Gasteiger partial charge on any atom is 0.411 e. The third kappa shape index (κ3) is 8.09. The smallest absolute Gasteiger partial charge is 0.411 e. The average molecular weight is 434 g/mol. The summed E-state index contributed by atoms with van der Waals surface area (Å²) >= 11 is 0. The number of para-hydroxylation sites is 1. The van der Waals surface area contributed by atoms with E-state index < -0.39 is 14.4 Å². The second kappa shape index (κ2) is 11.5. The van der Waals surface area contributed by atoms with Crippen molar-refractivity contribution in [3.8, 4) is 0 Å². The quantitative estimate of drug-likeness (QED) is 0.342. The molecule has 1 N–H and O–H groups in total. The first-order chi connectivity index (χ1) is 13.9. The van der Waals surface area contributed by atoms with Crippen LogP contribution < -0.4 is 5.32 Å². The Morgan fingerprint density at radius 1 is 1.23 bits per heavy atom. The molecule has 1 amide bonds. The Kier molecular flexibility index (Phi) is 10.0. The number of methoxy groups -OCH3 is 1. The molecule has 6 heteroatoms. The molecule has 0 aromatic heterocycles. The van der Waals surface area contributed by atoms with Crippen LogP contribution in [0, 0.1) is 5.92 Å². The Morgan fingerprint density at radius 3 is 2.33 bits per heavy atom. The third-order valence-corrected chi connectivity index (χ3v) is 10.1. The summed E-state index contributed by atoms with van der Waals surface area (Å²) in [6, 6.07) is 9.24. The summed E-state index contributed by atoms with van der Waals surface area (Å²) in [4.78, 5) is 12.0. The van der Waals surface area contributed by atoms with E-state index in [-0.39, 0.29) is 29.8 Å². The van der Waals surface area contributed by atoms with Crippen molar-refractivity contribution in [2.24, 2.45) is 5.92 Å². The number of carbonyl (C=O) groups excluding carboxylic acids is 1. The van der Waals surface area contributed by atoms with Gasteiger partial charge < -0.3 is 13.9 Å². The van der Waals surface area contributed by atoms with Gasteiger partial charge in [0.2, 0.25) is 0 Å². The van der Waals surface area contributed by atoms with E-state index in [1.54, 1.807) is 13.2 Å². The summed E-state index contributed by atoms with van der Waals surface area (Å²) in [5, 5.41) is 2.80. The lowest BCUT2D eigenvalue weighted by Gasteiger charge is -2.42. The van der Waals surface area contributed by atoms with E-state index in [1.165, 1.54) is 0 Å². The number of hydrogen-bond donors (Lipinski definition) is 1. The molecule has 0 saturated heterocycles. The second-order valence-electron chi connectivity index (χ2n) is 9.22. The van der Waals surface area contributed by atoms with Gasteiger partial charge in [0.05, 0.1) is 6.10 Å². The summed E-state index contributed by atoms with van der Waals surface area (Å²) < 4.78 is 17.7. The Labute approximate surface area is 183 Å². The Bertz CT molecular complexity index is 710. The lowest BCUT2D eigenvalue weighted by molar-refractivity contribution is 0.00590. The monoisotopic (exact) mass is 433 g/mol. The van der Waals surface area contributed by atoms with E-state index >= 15 is 0 Å². The van der Waals surface area contributed by atoms with Gasteiger partial charge in [-0.1, -0.05) is 58.0 Å². The first-order valence-electron chi connectivity index (χ1n) is 10.4. The minimum Gasteiger partial charge on any atom is -0.445 e. The summed E-state index contributed by atoms with van der Waals surface area (Å²) in [6.45, 7) is 19.3. The van der Waals surface area contributed by atoms with Crippen molar-refractivity contribution in [3.05, 3.63) is 54.6 Å². The van der Waals surface area contributed by atoms with Gasteiger partial charge in [-0.05, 0) is 42.8 Å². The summed E-state index contributed by atoms with van der Waals surface area (Å²) in [7, 11) is -0.334. The van der Waals surface area contributed by atoms with Crippen LogP contribution in [0.15, 0.2) is 54.6 Å². The molecule has 1 rings (SSSR count). The minimum atomic E-state index is -2.01. The number of carbonyl (C=O) groups is 1. The van der Waals surface area contributed by atoms with E-state index in [1.807, 2.05) is 37.3 Å². The zero-order valence-corrected chi connectivity index (χ0v) is 20.8. The predicted molar refractivity (Wildman–Crippen MR) is 127 cm³/mol. The van der Waals surface area contributed by atoms with Crippen molar-refractivity contribution in [1.82, 2.24) is 0 Å². The highest BCUT2D eigenvalue weighted by molar-refractivity contribution is 6.74. The fraction of sp³-hybridized carbons (Fsp3) is 0.542. The van der Waals surface area contributed by atoms with Gasteiger partial charge in [0.15, 0.2) is 8.32 Å². The Morgan fingerprint density at radius 2 is 1.83 bits per heavy atom. The molecule has 5 nitrogen and oxygen atoms in total. The fourth-order valence-corrected chi connectivity index (χ4v) is 4.18. The van der Waals surface area contributed by atoms with Gasteiger partial charge in [-0.2, -0.15) is 0 Å². The summed E-state index contributed by atoms with van der Waals surface area (Å²) in [6.07, 6.45) is 3.02. The zero-order valence-electron chi connectivity index (χ0n) is 19.8. The van der Waals surface area contributed by atoms with Gasteiger partial charge in [0, 0.05) is 18.7 Å². The van der Waals surface area contributed by atoms with E-state index in [2.05, 4.69) is 58.8 Å². The van der Waals surface area contributed by atoms with Gasteiger partial charge in [-0.3, -0.25) is 5.32 Å². The van der Waals surface area contributed by atoms with Crippen molar-refractivity contribution in [3.63, 3.8) is 0 Å². The van der Waals surface area contributed by atoms with Gasteiger partial charge in [-0.25, -0.2) is 4.79 Å². The van der Waals surface area contributed by atoms with Crippen LogP contribution in [0.2, 0.25) is 18.1 Å². The molecule has 0 heterocycles. The Balaban J connectivity index is 2.82. The highest BCUT2D eigenvalue weighted by Gasteiger charge is 2.41. The second-order valence-corrected chi connectivity index (χ2v) is 14.0. The largest absolute Gasteiger partial charge is 0.445 e. The van der Waals surface area contributed by atoms with Gasteiger partial charge in [-0.15, -0.1) is 6.58 Å². The molecule has 0 radical (unpaired) electrons. The van der Waals surface area contributed by atoms with Crippen LogP contribution >= 0.6 is 0 Å². The molecule has 0 fully saturated rings. The predicted octanol–water partition coefficient (Wildman–Crippen LogP) is 6.41. The zero-order chi connectivity index (χ0) is 22.9. The molecular formula is C24H39NO4Si. The maximum absolute atomic E-state index is 12.0. The van der Waals surface area contributed by atoms with Crippen LogP contribution in [-0.4, -0.2) is 40.3 Å². The molecule has 168 valence electrons. The highest BCUT2D eigenvalue weighted by atomic mass is 28.4. The van der Waals surface area contributed by atoms with Crippen LogP contribution in [0.3, 0.4) is 0 Å². The molecule has 0 aliphatic heterocycles. The van der Waals surface area contributed by atoms with Crippen LogP contribution in [0.25, 0.3) is 0 Å². The van der Waals surface area contributed by atoms with Crippen LogP contribution in [0.5, 0.6) is 0 Å². The first kappa shape index (κ1) is 26.1. The number of benzene rings is 1. The molecule has 30 heavy (non-hydrogen) atoms. The average Bonchev–Trinajstić information content (AvgIpc) is 2.66. The number of hydrogen-bond acceptors (Lipinski definition) is 4. The fourth-order valence-electron chi connectivity index (χ4n) is 2.80. The molecule has 1 aromatic carbocycles. The summed E-state index contributed by atoms with van der Waals surface area (Å²) in [5.41, 5.74) is 1.66. The third-order valence-electron chi connectivity index (χ3n) is 5.58. The molecule has 0 unspecified atom stereocenters. The highest BCUT2D eigenvalue weighted by Crippen LogP contribution is 2.39. The van der Waals surface area contributed by atoms with E-state index in [9.17, 15) is 4.79 Å². The van der Waals surface area contributed by atoms with Crippen molar-refractivity contribution in [2.75, 3.05) is 19.0 Å². The number of ether oxygens (including phenoxy) is 2. The molecule has 3 atom stereocenters. The van der Waals surface area contributed by atoms with E-state index in [4.69, 9.17) is 13.9 Å². The maximum atomic E-state index is 12.0. The SMILES string of the molecule is C=C[C@H](OC)[C@@H](O[Si](C)(C)C(C)(C)C)[C@H](C)/C=C(/C)COC(=O)Nc1ccccc1. The van der Waals surface area contributed by atoms with Gasteiger partial charge in [0.1, 0.15) is 12.7 Å². The summed E-state index contributed by atoms with van der Waals surface area (Å²) in [5.74, 6) is 0.0582. The topological polar surface area (TPSA) is 56.8 Å². The number of rotatable bonds is 10. The number of amides is 1. The van der Waals surface area contributed by atoms with Crippen molar-refractivity contribution in [1.29, 1.82) is 0 Å². The van der Waals surface area contributed by atoms with Crippen molar-refractivity contribution >= 4 is 20.1 Å². The molecule has 0 aliphatic carbocycles. The van der Waals surface area contributed by atoms with Crippen LogP contribution in [0.4, 0.5) is 10.5 Å². The molecule has 0 bridgehead atoms. The number of anilines is 1. The normalized spacial score (nSPS) is 15.8. The van der Waals surface area contributed by atoms with E-state index in [0.29, 0.717) is 5.69 Å². The Hall–Kier alpha value is -1.89. The lowest BCUT2D eigenvalue weighted by atomic mass is 9.97. The first-order valence-corrected chi connectivity index (χ1v) is 13.3. The van der Waals surface area contributed by atoms with Gasteiger partial charge in [0.25, 0.3) is 0 Å². The minimum absolute atomic E-state index is 0.0582. The van der Waals surface area contributed by atoms with Gasteiger partial charge >= 0.3 is 6.09 Å². The van der Waals surface area contributed by atoms with Crippen LogP contribution in [0.1, 0.15) is 34.6 Å². The van der Waals surface area contributed by atoms with Crippen molar-refractivity contribution < 1.29 is 18.7 Å². The molecule has 0 saturated carbocycles. The lowest BCUT2D eigenvalue weighted by Crippen LogP contribution is -2.49. The molecule has 1 aromatic rings. The number of nitrogens with one attached hydrogen (secondary N) is 1. The molecule has 0 spiro atoms. The molecule has 0 aliphatic rings. The standard InChI is InChI=1S/C24H39NO4Si/c1-10-21(27-7)22(29-30(8,9)24(4,5)6)19(3)16-18(2)17-28-23(26)25-20-14-12-11-13-15-20/h10-16,19,21-22H,1,17H2,2-9H3,(H,25,26)/b18-16-/t19-,21+,22+/m1/s1. The van der Waals surface area contributed by atoms with E-state index in [0.717, 1.165) is 5.57 Å².